The van der Waals surface area contributed by atoms with Crippen LogP contribution in [0, 0.1) is 6.92 Å². The third-order valence-corrected chi connectivity index (χ3v) is 3.98. The van der Waals surface area contributed by atoms with Gasteiger partial charge in [-0.15, -0.1) is 0 Å². The molecule has 1 aromatic carbocycles. The van der Waals surface area contributed by atoms with E-state index in [-0.39, 0.29) is 5.22 Å². The summed E-state index contributed by atoms with van der Waals surface area (Å²) in [6.07, 6.45) is 3.46. The van der Waals surface area contributed by atoms with Crippen molar-refractivity contribution in [2.45, 2.75) is 17.9 Å². The molecule has 2 heterocycles. The molecule has 3 rings (SSSR count). The monoisotopic (exact) mass is 287 g/mol. The summed E-state index contributed by atoms with van der Waals surface area (Å²) in [4.78, 5) is 8.31. The smallest absolute Gasteiger partial charge is 0.288 e. The van der Waals surface area contributed by atoms with E-state index in [1.54, 1.807) is 30.6 Å². The minimum absolute atomic E-state index is 0.215. The third-order valence-electron chi connectivity index (χ3n) is 2.82. The van der Waals surface area contributed by atoms with Crippen LogP contribution in [0.3, 0.4) is 0 Å². The van der Waals surface area contributed by atoms with Crippen LogP contribution in [-0.2, 0) is 16.6 Å². The van der Waals surface area contributed by atoms with Crippen molar-refractivity contribution < 1.29 is 8.63 Å². The van der Waals surface area contributed by atoms with E-state index in [2.05, 4.69) is 9.97 Å². The van der Waals surface area contributed by atoms with Crippen LogP contribution < -0.4 is 5.73 Å². The summed E-state index contributed by atoms with van der Waals surface area (Å²) in [5, 5.41) is 0.215. The number of hydrogen-bond donors (Lipinski definition) is 1. The van der Waals surface area contributed by atoms with Crippen LogP contribution in [0.25, 0.3) is 11.1 Å². The topological polar surface area (TPSA) is 82.0 Å². The Morgan fingerprint density at radius 2 is 2.15 bits per heavy atom. The second-order valence-corrected chi connectivity index (χ2v) is 5.90. The molecule has 102 valence electrons. The Hall–Kier alpha value is -2.21. The van der Waals surface area contributed by atoms with Gasteiger partial charge in [0.2, 0.25) is 0 Å². The number of aromatic nitrogens is 2. The Labute approximate surface area is 118 Å². The number of nitrogen functional groups attached to an aromatic ring is 1. The maximum atomic E-state index is 12.3. The van der Waals surface area contributed by atoms with E-state index in [4.69, 9.17) is 10.2 Å². The lowest BCUT2D eigenvalue weighted by atomic mass is 10.2. The van der Waals surface area contributed by atoms with E-state index in [0.717, 1.165) is 11.1 Å². The van der Waals surface area contributed by atoms with Gasteiger partial charge in [-0.25, -0.2) is 9.19 Å². The summed E-state index contributed by atoms with van der Waals surface area (Å²) in [5.74, 6) is 0.330. The molecular formula is C14H13N3O2S. The molecule has 6 heteroatoms. The van der Waals surface area contributed by atoms with Gasteiger partial charge in [0.25, 0.3) is 5.22 Å². The van der Waals surface area contributed by atoms with Crippen molar-refractivity contribution in [3.8, 4) is 0 Å². The molecule has 1 atom stereocenters. The van der Waals surface area contributed by atoms with Crippen molar-refractivity contribution in [1.29, 1.82) is 0 Å². The Morgan fingerprint density at radius 3 is 2.95 bits per heavy atom. The molecule has 0 saturated heterocycles. The highest BCUT2D eigenvalue weighted by Crippen LogP contribution is 2.21. The third kappa shape index (κ3) is 2.55. The first kappa shape index (κ1) is 12.8. The number of hydrogen-bond acceptors (Lipinski definition) is 5. The van der Waals surface area contributed by atoms with Crippen LogP contribution in [0.1, 0.15) is 11.1 Å². The minimum atomic E-state index is -1.34. The van der Waals surface area contributed by atoms with Gasteiger partial charge in [-0.2, -0.15) is 0 Å². The molecule has 20 heavy (non-hydrogen) atoms. The second-order valence-electron chi connectivity index (χ2n) is 4.57. The van der Waals surface area contributed by atoms with Crippen LogP contribution in [0.15, 0.2) is 46.3 Å². The van der Waals surface area contributed by atoms with E-state index >= 15 is 0 Å². The zero-order valence-electron chi connectivity index (χ0n) is 10.9. The van der Waals surface area contributed by atoms with E-state index in [0.29, 0.717) is 22.5 Å². The Morgan fingerprint density at radius 1 is 1.30 bits per heavy atom. The first-order valence-electron chi connectivity index (χ1n) is 6.07. The Bertz CT molecular complexity index is 798. The van der Waals surface area contributed by atoms with Crippen molar-refractivity contribution in [2.75, 3.05) is 5.73 Å². The molecular weight excluding hydrogens is 274 g/mol. The predicted octanol–water partition coefficient (Wildman–Crippen LogP) is 2.42. The van der Waals surface area contributed by atoms with Crippen LogP contribution in [-0.4, -0.2) is 14.2 Å². The summed E-state index contributed by atoms with van der Waals surface area (Å²) >= 11 is 0. The van der Waals surface area contributed by atoms with Gasteiger partial charge in [0.1, 0.15) is 16.3 Å². The number of pyridine rings is 1. The number of nitrogens with zero attached hydrogens (tertiary/aromatic N) is 2. The number of rotatable bonds is 3. The fourth-order valence-corrected chi connectivity index (χ4v) is 2.89. The number of oxazole rings is 1. The molecule has 0 aliphatic heterocycles. The molecule has 1 unspecified atom stereocenters. The van der Waals surface area contributed by atoms with Crippen molar-refractivity contribution in [3.05, 3.63) is 47.8 Å². The van der Waals surface area contributed by atoms with E-state index in [1.165, 1.54) is 0 Å². The lowest BCUT2D eigenvalue weighted by Gasteiger charge is -1.99. The standard InChI is InChI=1S/C14H13N3O2S/c1-9-4-10(7-16-6-9)8-20(18)14-17-12-3-2-11(15)5-13(12)19-14/h2-7H,8,15H2,1H3. The quantitative estimate of drug-likeness (QED) is 0.748. The van der Waals surface area contributed by atoms with Gasteiger partial charge in [0.15, 0.2) is 5.58 Å². The van der Waals surface area contributed by atoms with Crippen molar-refractivity contribution >= 4 is 27.6 Å². The normalized spacial score (nSPS) is 12.7. The highest BCUT2D eigenvalue weighted by atomic mass is 32.2. The number of nitrogens with two attached hydrogens (primary N) is 1. The van der Waals surface area contributed by atoms with Crippen LogP contribution >= 0.6 is 0 Å². The zero-order valence-corrected chi connectivity index (χ0v) is 11.7. The number of aryl methyl sites for hydroxylation is 1. The van der Waals surface area contributed by atoms with Gasteiger partial charge < -0.3 is 10.2 Å². The molecule has 0 bridgehead atoms. The van der Waals surface area contributed by atoms with E-state index in [9.17, 15) is 4.21 Å². The van der Waals surface area contributed by atoms with Gasteiger partial charge >= 0.3 is 0 Å². The summed E-state index contributed by atoms with van der Waals surface area (Å²) in [6, 6.07) is 7.12. The fourth-order valence-electron chi connectivity index (χ4n) is 1.93. The molecule has 0 aliphatic rings. The number of anilines is 1. The van der Waals surface area contributed by atoms with Gasteiger partial charge in [-0.1, -0.05) is 6.07 Å². The number of fused-ring (bicyclic) bond motifs is 1. The molecule has 5 nitrogen and oxygen atoms in total. The maximum absolute atomic E-state index is 12.3. The van der Waals surface area contributed by atoms with Crippen LogP contribution in [0.4, 0.5) is 5.69 Å². The second kappa shape index (κ2) is 5.05. The molecule has 0 saturated carbocycles. The number of benzene rings is 1. The molecule has 0 aliphatic carbocycles. The van der Waals surface area contributed by atoms with Gasteiger partial charge in [0.05, 0.1) is 5.75 Å². The van der Waals surface area contributed by atoms with Crippen molar-refractivity contribution in [2.24, 2.45) is 0 Å². The van der Waals surface area contributed by atoms with Crippen molar-refractivity contribution in [1.82, 2.24) is 9.97 Å². The average molecular weight is 287 g/mol. The van der Waals surface area contributed by atoms with Gasteiger partial charge in [0, 0.05) is 24.1 Å². The Kier molecular flexibility index (Phi) is 3.23. The lowest BCUT2D eigenvalue weighted by Crippen LogP contribution is -1.97. The Balaban J connectivity index is 1.88. The van der Waals surface area contributed by atoms with Gasteiger partial charge in [-0.3, -0.25) is 4.98 Å². The minimum Gasteiger partial charge on any atom is -0.430 e. The molecule has 0 fully saturated rings. The largest absolute Gasteiger partial charge is 0.430 e. The summed E-state index contributed by atoms with van der Waals surface area (Å²) in [5.41, 5.74) is 9.40. The highest BCUT2D eigenvalue weighted by molar-refractivity contribution is 7.84. The fraction of sp³-hybridized carbons (Fsp3) is 0.143. The van der Waals surface area contributed by atoms with Crippen LogP contribution in [0.5, 0.6) is 0 Å². The maximum Gasteiger partial charge on any atom is 0.288 e. The van der Waals surface area contributed by atoms with Crippen molar-refractivity contribution in [3.63, 3.8) is 0 Å². The van der Waals surface area contributed by atoms with E-state index in [1.807, 2.05) is 13.0 Å². The predicted molar refractivity (Wildman–Crippen MR) is 77.5 cm³/mol. The summed E-state index contributed by atoms with van der Waals surface area (Å²) < 4.78 is 17.8. The van der Waals surface area contributed by atoms with Gasteiger partial charge in [-0.05, 0) is 30.2 Å². The first-order chi connectivity index (χ1) is 9.61. The molecule has 0 spiro atoms. The highest BCUT2D eigenvalue weighted by Gasteiger charge is 2.14. The average Bonchev–Trinajstić information content (AvgIpc) is 2.81. The zero-order chi connectivity index (χ0) is 14.1. The molecule has 0 amide bonds. The molecule has 2 aromatic heterocycles. The first-order valence-corrected chi connectivity index (χ1v) is 7.39. The summed E-state index contributed by atoms with van der Waals surface area (Å²) in [6.45, 7) is 1.95. The lowest BCUT2D eigenvalue weighted by molar-refractivity contribution is 0.477. The van der Waals surface area contributed by atoms with Crippen LogP contribution in [0.2, 0.25) is 0 Å². The molecule has 3 aromatic rings. The summed E-state index contributed by atoms with van der Waals surface area (Å²) in [7, 11) is -1.34. The molecule has 0 radical (unpaired) electrons. The van der Waals surface area contributed by atoms with E-state index < -0.39 is 10.8 Å². The SMILES string of the molecule is Cc1cncc(CS(=O)c2nc3ccc(N)cc3o2)c1. The molecule has 2 N–H and O–H groups in total.